The standard InChI is InChI=1S/C26H26FN5O4S/c1-15(2)28-26-30-23-14-31(25(34)22-12-16-4-5-17(27)13-21(16)29-22)11-10-20(23)24(33)32(26)18-6-8-19(9-7-18)37(3,35)36/h4-9,12-13,15,29H,10-11,14H2,1-3H3,(H,28,30). The number of sulfone groups is 1. The summed E-state index contributed by atoms with van der Waals surface area (Å²) >= 11 is 0. The topological polar surface area (TPSA) is 117 Å². The number of hydrogen-bond donors (Lipinski definition) is 2. The highest BCUT2D eigenvalue weighted by Crippen LogP contribution is 2.23. The van der Waals surface area contributed by atoms with Gasteiger partial charge in [0.1, 0.15) is 11.5 Å². The van der Waals surface area contributed by atoms with Crippen LogP contribution < -0.4 is 10.9 Å². The Labute approximate surface area is 212 Å². The molecule has 9 nitrogen and oxygen atoms in total. The third-order valence-electron chi connectivity index (χ3n) is 6.28. The molecule has 0 saturated heterocycles. The van der Waals surface area contributed by atoms with Crippen molar-refractivity contribution in [2.24, 2.45) is 0 Å². The van der Waals surface area contributed by atoms with Gasteiger partial charge >= 0.3 is 0 Å². The lowest BCUT2D eigenvalue weighted by atomic mass is 10.1. The molecule has 1 aliphatic heterocycles. The Bertz CT molecular complexity index is 1690. The normalized spacial score (nSPS) is 13.7. The van der Waals surface area contributed by atoms with E-state index in [0.29, 0.717) is 47.1 Å². The van der Waals surface area contributed by atoms with E-state index >= 15 is 0 Å². The SMILES string of the molecule is CC(C)Nc1nc2c(c(=O)n1-c1ccc(S(C)(=O)=O)cc1)CCN(C(=O)c1cc3ccc(F)cc3[nH]1)C2. The molecular weight excluding hydrogens is 497 g/mol. The fourth-order valence-corrected chi connectivity index (χ4v) is 5.11. The number of rotatable bonds is 5. The molecule has 192 valence electrons. The minimum absolute atomic E-state index is 0.0421. The van der Waals surface area contributed by atoms with Crippen LogP contribution in [0.2, 0.25) is 0 Å². The molecule has 2 aromatic heterocycles. The van der Waals surface area contributed by atoms with Gasteiger partial charge in [0.05, 0.1) is 22.8 Å². The third kappa shape index (κ3) is 4.74. The maximum atomic E-state index is 13.6. The average molecular weight is 524 g/mol. The summed E-state index contributed by atoms with van der Waals surface area (Å²) in [6.45, 7) is 4.29. The molecule has 5 rings (SSSR count). The monoisotopic (exact) mass is 523 g/mol. The molecule has 0 bridgehead atoms. The number of carbonyl (C=O) groups is 1. The molecule has 0 spiro atoms. The highest BCUT2D eigenvalue weighted by Gasteiger charge is 2.28. The van der Waals surface area contributed by atoms with Crippen molar-refractivity contribution in [3.63, 3.8) is 0 Å². The van der Waals surface area contributed by atoms with Gasteiger partial charge in [0.25, 0.3) is 11.5 Å². The first kappa shape index (κ1) is 24.7. The largest absolute Gasteiger partial charge is 0.353 e. The van der Waals surface area contributed by atoms with Crippen LogP contribution in [-0.2, 0) is 22.8 Å². The number of hydrogen-bond acceptors (Lipinski definition) is 6. The van der Waals surface area contributed by atoms with Crippen molar-refractivity contribution in [3.8, 4) is 5.69 Å². The van der Waals surface area contributed by atoms with E-state index in [4.69, 9.17) is 4.98 Å². The number of aromatic amines is 1. The fraction of sp³-hybridized carbons (Fsp3) is 0.269. The summed E-state index contributed by atoms with van der Waals surface area (Å²) in [5.41, 5.74) is 2.09. The van der Waals surface area contributed by atoms with Crippen molar-refractivity contribution in [3.05, 3.63) is 81.7 Å². The number of nitrogens with one attached hydrogen (secondary N) is 2. The number of nitrogens with zero attached hydrogens (tertiary/aromatic N) is 3. The van der Waals surface area contributed by atoms with Gasteiger partial charge in [-0.1, -0.05) is 0 Å². The van der Waals surface area contributed by atoms with Crippen molar-refractivity contribution in [2.75, 3.05) is 18.1 Å². The first-order valence-corrected chi connectivity index (χ1v) is 13.7. The zero-order valence-electron chi connectivity index (χ0n) is 20.6. The Morgan fingerprint density at radius 1 is 1.14 bits per heavy atom. The van der Waals surface area contributed by atoms with Crippen LogP contribution in [0.1, 0.15) is 35.6 Å². The lowest BCUT2D eigenvalue weighted by Crippen LogP contribution is -2.41. The molecule has 1 aliphatic rings. The predicted octanol–water partition coefficient (Wildman–Crippen LogP) is 3.28. The van der Waals surface area contributed by atoms with Crippen molar-refractivity contribution < 1.29 is 17.6 Å². The predicted molar refractivity (Wildman–Crippen MR) is 138 cm³/mol. The second-order valence-corrected chi connectivity index (χ2v) is 11.5. The molecule has 4 aromatic rings. The molecule has 0 atom stereocenters. The number of halogens is 1. The minimum Gasteiger partial charge on any atom is -0.353 e. The van der Waals surface area contributed by atoms with Gasteiger partial charge in [-0.25, -0.2) is 22.4 Å². The van der Waals surface area contributed by atoms with Gasteiger partial charge in [-0.05, 0) is 68.8 Å². The maximum absolute atomic E-state index is 13.6. The molecule has 1 amide bonds. The van der Waals surface area contributed by atoms with E-state index in [0.717, 1.165) is 11.6 Å². The summed E-state index contributed by atoms with van der Waals surface area (Å²) in [7, 11) is -3.38. The van der Waals surface area contributed by atoms with Crippen molar-refractivity contribution in [1.82, 2.24) is 19.4 Å². The van der Waals surface area contributed by atoms with E-state index in [1.54, 1.807) is 29.2 Å². The first-order chi connectivity index (χ1) is 17.5. The summed E-state index contributed by atoms with van der Waals surface area (Å²) in [5.74, 6) is -0.346. The lowest BCUT2D eigenvalue weighted by Gasteiger charge is -2.29. The average Bonchev–Trinajstić information content (AvgIpc) is 3.26. The molecule has 0 unspecified atom stereocenters. The Morgan fingerprint density at radius 3 is 2.54 bits per heavy atom. The maximum Gasteiger partial charge on any atom is 0.270 e. The molecule has 11 heteroatoms. The van der Waals surface area contributed by atoms with Crippen LogP contribution in [0, 0.1) is 5.82 Å². The van der Waals surface area contributed by atoms with Crippen LogP contribution in [-0.4, -0.2) is 52.6 Å². The number of fused-ring (bicyclic) bond motifs is 2. The summed E-state index contributed by atoms with van der Waals surface area (Å²) in [4.78, 5) is 36.3. The molecule has 2 N–H and O–H groups in total. The second kappa shape index (κ2) is 9.15. The number of carbonyl (C=O) groups excluding carboxylic acids is 1. The van der Waals surface area contributed by atoms with Crippen LogP contribution in [0.15, 0.2) is 58.2 Å². The fourth-order valence-electron chi connectivity index (χ4n) is 4.48. The van der Waals surface area contributed by atoms with E-state index in [2.05, 4.69) is 10.3 Å². The molecule has 3 heterocycles. The van der Waals surface area contributed by atoms with Gasteiger partial charge in [0.15, 0.2) is 9.84 Å². The number of aromatic nitrogens is 3. The van der Waals surface area contributed by atoms with Crippen LogP contribution in [0.3, 0.4) is 0 Å². The van der Waals surface area contributed by atoms with Crippen LogP contribution in [0.5, 0.6) is 0 Å². The van der Waals surface area contributed by atoms with Gasteiger partial charge < -0.3 is 15.2 Å². The lowest BCUT2D eigenvalue weighted by molar-refractivity contribution is 0.0726. The molecule has 2 aromatic carbocycles. The number of benzene rings is 2. The van der Waals surface area contributed by atoms with Crippen molar-refractivity contribution >= 4 is 32.6 Å². The van der Waals surface area contributed by atoms with Crippen molar-refractivity contribution in [1.29, 1.82) is 0 Å². The molecule has 0 radical (unpaired) electrons. The second-order valence-electron chi connectivity index (χ2n) is 9.46. The summed E-state index contributed by atoms with van der Waals surface area (Å²) < 4.78 is 38.7. The summed E-state index contributed by atoms with van der Waals surface area (Å²) in [6.07, 6.45) is 1.44. The Kier molecular flexibility index (Phi) is 6.10. The van der Waals surface area contributed by atoms with Gasteiger partial charge in [0, 0.05) is 35.3 Å². The summed E-state index contributed by atoms with van der Waals surface area (Å²) in [5, 5.41) is 3.92. The minimum atomic E-state index is -3.38. The van der Waals surface area contributed by atoms with E-state index in [9.17, 15) is 22.4 Å². The quantitative estimate of drug-likeness (QED) is 0.415. The van der Waals surface area contributed by atoms with Crippen LogP contribution >= 0.6 is 0 Å². The highest BCUT2D eigenvalue weighted by molar-refractivity contribution is 7.90. The van der Waals surface area contributed by atoms with Gasteiger partial charge in [-0.3, -0.25) is 9.59 Å². The van der Waals surface area contributed by atoms with Crippen LogP contribution in [0.4, 0.5) is 10.3 Å². The van der Waals surface area contributed by atoms with Gasteiger partial charge in [0.2, 0.25) is 5.95 Å². The smallest absolute Gasteiger partial charge is 0.270 e. The Balaban J connectivity index is 1.51. The zero-order chi connectivity index (χ0) is 26.5. The van der Waals surface area contributed by atoms with E-state index < -0.39 is 15.7 Å². The zero-order valence-corrected chi connectivity index (χ0v) is 21.4. The first-order valence-electron chi connectivity index (χ1n) is 11.8. The molecule has 0 aliphatic carbocycles. The van der Waals surface area contributed by atoms with Gasteiger partial charge in [-0.15, -0.1) is 0 Å². The molecule has 37 heavy (non-hydrogen) atoms. The molecule has 0 fully saturated rings. The van der Waals surface area contributed by atoms with Gasteiger partial charge in [-0.2, -0.15) is 0 Å². The Hall–Kier alpha value is -3.99. The number of amides is 1. The molecule has 0 saturated carbocycles. The van der Waals surface area contributed by atoms with E-state index in [1.807, 2.05) is 13.8 Å². The third-order valence-corrected chi connectivity index (χ3v) is 7.41. The van der Waals surface area contributed by atoms with E-state index in [-0.39, 0.29) is 28.9 Å². The highest BCUT2D eigenvalue weighted by atomic mass is 32.2. The Morgan fingerprint density at radius 2 is 1.86 bits per heavy atom. The van der Waals surface area contributed by atoms with E-state index in [1.165, 1.54) is 28.8 Å². The van der Waals surface area contributed by atoms with Crippen molar-refractivity contribution in [2.45, 2.75) is 37.8 Å². The number of anilines is 1. The molecular formula is C26H26FN5O4S. The van der Waals surface area contributed by atoms with Crippen LogP contribution in [0.25, 0.3) is 16.6 Å². The summed E-state index contributed by atoms with van der Waals surface area (Å²) in [6, 6.07) is 12.0. The number of H-pyrrole nitrogens is 1.